The number of nitrogens with zero attached hydrogens (tertiary/aromatic N) is 2. The summed E-state index contributed by atoms with van der Waals surface area (Å²) in [6, 6.07) is 7.10. The number of hydrogen-bond donors (Lipinski definition) is 1. The maximum atomic E-state index is 11.3. The number of carbonyl (C=O) groups is 1. The zero-order valence-electron chi connectivity index (χ0n) is 8.14. The van der Waals surface area contributed by atoms with Crippen LogP contribution in [-0.2, 0) is 0 Å². The molecule has 0 heterocycles. The van der Waals surface area contributed by atoms with E-state index in [4.69, 9.17) is 5.21 Å². The van der Waals surface area contributed by atoms with Crippen LogP contribution in [0.15, 0.2) is 29.4 Å². The van der Waals surface area contributed by atoms with Crippen LogP contribution >= 0.6 is 0 Å². The van der Waals surface area contributed by atoms with Crippen LogP contribution in [0.2, 0.25) is 0 Å². The number of ketones is 1. The fourth-order valence-corrected chi connectivity index (χ4v) is 1.06. The molecular weight excluding hydrogens is 180 g/mol. The molecule has 1 N–H and O–H groups in total. The Labute approximate surface area is 82.5 Å². The van der Waals surface area contributed by atoms with Crippen molar-refractivity contribution in [1.82, 2.24) is 0 Å². The molecule has 0 aliphatic carbocycles. The normalized spacial score (nSPS) is 10.4. The number of carbonyl (C=O) groups excluding carboxylic acids is 1. The number of anilines is 1. The van der Waals surface area contributed by atoms with E-state index < -0.39 is 0 Å². The van der Waals surface area contributed by atoms with E-state index in [0.29, 0.717) is 5.56 Å². The lowest BCUT2D eigenvalue weighted by Gasteiger charge is -2.12. The van der Waals surface area contributed by atoms with Crippen molar-refractivity contribution in [3.8, 4) is 0 Å². The zero-order chi connectivity index (χ0) is 10.6. The molecule has 0 amide bonds. The summed E-state index contributed by atoms with van der Waals surface area (Å²) in [6.45, 7) is 0. The Morgan fingerprint density at radius 2 is 2.21 bits per heavy atom. The van der Waals surface area contributed by atoms with Gasteiger partial charge in [0, 0.05) is 25.3 Å². The second-order valence-electron chi connectivity index (χ2n) is 3.05. The van der Waals surface area contributed by atoms with E-state index in [0.717, 1.165) is 11.9 Å². The minimum Gasteiger partial charge on any atom is -0.411 e. The van der Waals surface area contributed by atoms with Crippen molar-refractivity contribution < 1.29 is 10.0 Å². The maximum absolute atomic E-state index is 11.3. The first kappa shape index (κ1) is 10.2. The van der Waals surface area contributed by atoms with Crippen molar-refractivity contribution in [3.05, 3.63) is 29.8 Å². The highest BCUT2D eigenvalue weighted by atomic mass is 16.4. The van der Waals surface area contributed by atoms with Crippen LogP contribution in [0.1, 0.15) is 10.4 Å². The van der Waals surface area contributed by atoms with Crippen LogP contribution in [0, 0.1) is 0 Å². The molecule has 4 heteroatoms. The summed E-state index contributed by atoms with van der Waals surface area (Å²) in [6.07, 6.45) is 0.884. The van der Waals surface area contributed by atoms with Gasteiger partial charge in [-0.15, -0.1) is 0 Å². The van der Waals surface area contributed by atoms with Crippen molar-refractivity contribution in [1.29, 1.82) is 0 Å². The highest BCUT2D eigenvalue weighted by molar-refractivity contribution is 6.35. The van der Waals surface area contributed by atoms with Gasteiger partial charge in [-0.05, 0) is 12.1 Å². The van der Waals surface area contributed by atoms with Gasteiger partial charge >= 0.3 is 0 Å². The third kappa shape index (κ3) is 2.32. The number of Topliss-reactive ketones (excluding diaryl/α,β-unsaturated/α-hetero) is 1. The van der Waals surface area contributed by atoms with Crippen LogP contribution in [0.3, 0.4) is 0 Å². The van der Waals surface area contributed by atoms with Gasteiger partial charge in [0.05, 0.1) is 0 Å². The molecule has 1 rings (SSSR count). The summed E-state index contributed by atoms with van der Waals surface area (Å²) < 4.78 is 0. The molecule has 0 saturated heterocycles. The molecule has 74 valence electrons. The first-order valence-electron chi connectivity index (χ1n) is 4.14. The molecule has 0 spiro atoms. The Bertz CT molecular complexity index is 359. The monoisotopic (exact) mass is 192 g/mol. The summed E-state index contributed by atoms with van der Waals surface area (Å²) in [4.78, 5) is 13.2. The fraction of sp³-hybridized carbons (Fsp3) is 0.200. The van der Waals surface area contributed by atoms with Gasteiger partial charge in [0.1, 0.15) is 6.21 Å². The van der Waals surface area contributed by atoms with Crippen molar-refractivity contribution in [3.63, 3.8) is 0 Å². The molecule has 0 bridgehead atoms. The van der Waals surface area contributed by atoms with Gasteiger partial charge in [0.15, 0.2) is 0 Å². The Morgan fingerprint density at radius 3 is 2.79 bits per heavy atom. The van der Waals surface area contributed by atoms with E-state index in [1.807, 2.05) is 25.1 Å². The molecule has 4 nitrogen and oxygen atoms in total. The van der Waals surface area contributed by atoms with Crippen LogP contribution < -0.4 is 4.90 Å². The predicted octanol–water partition coefficient (Wildman–Crippen LogP) is 1.40. The molecule has 0 aliphatic heterocycles. The Kier molecular flexibility index (Phi) is 3.23. The van der Waals surface area contributed by atoms with Crippen LogP contribution in [-0.4, -0.2) is 31.3 Å². The van der Waals surface area contributed by atoms with Gasteiger partial charge in [-0.1, -0.05) is 17.3 Å². The van der Waals surface area contributed by atoms with Crippen molar-refractivity contribution in [2.75, 3.05) is 19.0 Å². The van der Waals surface area contributed by atoms with Gasteiger partial charge in [0.25, 0.3) is 0 Å². The lowest BCUT2D eigenvalue weighted by atomic mass is 10.1. The molecule has 0 aromatic heterocycles. The lowest BCUT2D eigenvalue weighted by Crippen LogP contribution is -2.10. The zero-order valence-corrected chi connectivity index (χ0v) is 8.14. The maximum Gasteiger partial charge on any atom is 0.207 e. The quantitative estimate of drug-likeness (QED) is 0.341. The molecule has 1 aromatic carbocycles. The minimum absolute atomic E-state index is 0.309. The van der Waals surface area contributed by atoms with Gasteiger partial charge in [-0.25, -0.2) is 0 Å². The van der Waals surface area contributed by atoms with E-state index in [1.54, 1.807) is 18.2 Å². The predicted molar refractivity (Wildman–Crippen MR) is 55.4 cm³/mol. The van der Waals surface area contributed by atoms with Gasteiger partial charge in [0.2, 0.25) is 5.78 Å². The Balaban J connectivity index is 2.99. The number of rotatable bonds is 3. The molecular formula is C10H12N2O2. The molecule has 0 fully saturated rings. The second kappa shape index (κ2) is 4.41. The summed E-state index contributed by atoms with van der Waals surface area (Å²) in [7, 11) is 3.79. The third-order valence-electron chi connectivity index (χ3n) is 1.82. The Morgan fingerprint density at radius 1 is 1.50 bits per heavy atom. The number of benzene rings is 1. The second-order valence-corrected chi connectivity index (χ2v) is 3.05. The fourth-order valence-electron chi connectivity index (χ4n) is 1.06. The van der Waals surface area contributed by atoms with E-state index in [1.165, 1.54) is 0 Å². The van der Waals surface area contributed by atoms with Crippen molar-refractivity contribution >= 4 is 17.7 Å². The molecule has 1 aromatic rings. The standard InChI is InChI=1S/C10H12N2O2/c1-12(2)9-5-3-4-8(6-9)10(13)7-11-14/h3-7,14H,1-2H3. The average Bonchev–Trinajstić information content (AvgIpc) is 2.18. The van der Waals surface area contributed by atoms with Gasteiger partial charge in [-0.3, -0.25) is 4.79 Å². The SMILES string of the molecule is CN(C)c1cccc(C(=O)C=NO)c1. The smallest absolute Gasteiger partial charge is 0.207 e. The Hall–Kier alpha value is -1.84. The summed E-state index contributed by atoms with van der Waals surface area (Å²) in [5, 5.41) is 10.9. The summed E-state index contributed by atoms with van der Waals surface area (Å²) in [5.74, 6) is -0.309. The molecule has 0 unspecified atom stereocenters. The van der Waals surface area contributed by atoms with Crippen molar-refractivity contribution in [2.45, 2.75) is 0 Å². The van der Waals surface area contributed by atoms with E-state index >= 15 is 0 Å². The van der Waals surface area contributed by atoms with E-state index in [2.05, 4.69) is 5.16 Å². The molecule has 14 heavy (non-hydrogen) atoms. The summed E-state index contributed by atoms with van der Waals surface area (Å²) in [5.41, 5.74) is 1.44. The number of hydrogen-bond acceptors (Lipinski definition) is 4. The van der Waals surface area contributed by atoms with Crippen LogP contribution in [0.4, 0.5) is 5.69 Å². The molecule has 0 atom stereocenters. The molecule has 0 radical (unpaired) electrons. The molecule has 0 saturated carbocycles. The van der Waals surface area contributed by atoms with Gasteiger partial charge < -0.3 is 10.1 Å². The first-order chi connectivity index (χ1) is 6.65. The average molecular weight is 192 g/mol. The summed E-state index contributed by atoms with van der Waals surface area (Å²) >= 11 is 0. The van der Waals surface area contributed by atoms with Gasteiger partial charge in [-0.2, -0.15) is 0 Å². The number of oxime groups is 1. The third-order valence-corrected chi connectivity index (χ3v) is 1.82. The van der Waals surface area contributed by atoms with Crippen LogP contribution in [0.25, 0.3) is 0 Å². The first-order valence-corrected chi connectivity index (χ1v) is 4.14. The molecule has 0 aliphatic rings. The minimum atomic E-state index is -0.309. The van der Waals surface area contributed by atoms with Crippen LogP contribution in [0.5, 0.6) is 0 Å². The largest absolute Gasteiger partial charge is 0.411 e. The van der Waals surface area contributed by atoms with Crippen molar-refractivity contribution in [2.24, 2.45) is 5.16 Å². The highest BCUT2D eigenvalue weighted by Crippen LogP contribution is 2.13. The lowest BCUT2D eigenvalue weighted by molar-refractivity contribution is 0.106. The topological polar surface area (TPSA) is 52.9 Å². The highest BCUT2D eigenvalue weighted by Gasteiger charge is 2.04. The van der Waals surface area contributed by atoms with E-state index in [9.17, 15) is 4.79 Å². The van der Waals surface area contributed by atoms with E-state index in [-0.39, 0.29) is 5.78 Å².